The van der Waals surface area contributed by atoms with Crippen molar-refractivity contribution >= 4 is 24.9 Å². The minimum Gasteiger partial charge on any atom is -0.313 e. The van der Waals surface area contributed by atoms with E-state index >= 15 is 0 Å². The molecule has 82 valence electrons. The lowest BCUT2D eigenvalue weighted by atomic mass is 10.3. The van der Waals surface area contributed by atoms with Crippen molar-refractivity contribution in [3.8, 4) is 0 Å². The number of nitrogens with one attached hydrogen (secondary N) is 3. The summed E-state index contributed by atoms with van der Waals surface area (Å²) in [6.07, 6.45) is 0.992. The summed E-state index contributed by atoms with van der Waals surface area (Å²) in [5.74, 6) is 0. The van der Waals surface area contributed by atoms with E-state index in [1.54, 1.807) is 24.3 Å². The summed E-state index contributed by atoms with van der Waals surface area (Å²) in [6.45, 7) is 1.54. The standard InChI is InChI=1S/C9H13ClN3OP/c10-8-2-4-9(5-3-8)13-15(14)11-6-1-7-12-15/h2-5H,1,6-7H2,(H3,11,12,13,14). The fourth-order valence-corrected chi connectivity index (χ4v) is 3.26. The monoisotopic (exact) mass is 245 g/mol. The van der Waals surface area contributed by atoms with Gasteiger partial charge in [-0.2, -0.15) is 0 Å². The lowest BCUT2D eigenvalue weighted by Crippen LogP contribution is -2.34. The summed E-state index contributed by atoms with van der Waals surface area (Å²) in [5, 5.41) is 9.55. The maximum absolute atomic E-state index is 12.1. The molecule has 0 saturated carbocycles. The molecule has 0 unspecified atom stereocenters. The number of anilines is 1. The van der Waals surface area contributed by atoms with Crippen molar-refractivity contribution in [2.75, 3.05) is 18.2 Å². The average Bonchev–Trinajstić information content (AvgIpc) is 2.22. The fourth-order valence-electron chi connectivity index (χ4n) is 1.40. The molecule has 0 radical (unpaired) electrons. The fraction of sp³-hybridized carbons (Fsp3) is 0.333. The molecule has 1 aliphatic rings. The molecule has 1 aliphatic heterocycles. The van der Waals surface area contributed by atoms with Crippen LogP contribution in [0.15, 0.2) is 24.3 Å². The van der Waals surface area contributed by atoms with Crippen LogP contribution in [0.2, 0.25) is 5.02 Å². The van der Waals surface area contributed by atoms with Crippen LogP contribution in [0, 0.1) is 0 Å². The second-order valence-corrected chi connectivity index (χ2v) is 5.91. The number of rotatable bonds is 2. The topological polar surface area (TPSA) is 53.2 Å². The van der Waals surface area contributed by atoms with E-state index in [9.17, 15) is 4.57 Å². The molecule has 1 aromatic carbocycles. The Bertz CT molecular complexity index is 371. The number of hydrogen-bond acceptors (Lipinski definition) is 1. The van der Waals surface area contributed by atoms with Gasteiger partial charge in [0, 0.05) is 23.8 Å². The van der Waals surface area contributed by atoms with E-state index in [2.05, 4.69) is 15.3 Å². The molecule has 3 N–H and O–H groups in total. The summed E-state index contributed by atoms with van der Waals surface area (Å²) in [6, 6.07) is 7.14. The second-order valence-electron chi connectivity index (χ2n) is 3.40. The molecule has 15 heavy (non-hydrogen) atoms. The van der Waals surface area contributed by atoms with Crippen LogP contribution in [0.3, 0.4) is 0 Å². The highest BCUT2D eigenvalue weighted by Gasteiger charge is 2.23. The molecule has 6 heteroatoms. The van der Waals surface area contributed by atoms with Gasteiger partial charge >= 0.3 is 7.59 Å². The molecule has 0 spiro atoms. The SMILES string of the molecule is O=P1(Nc2ccc(Cl)cc2)NCCCN1. The molecule has 1 fully saturated rings. The van der Waals surface area contributed by atoms with Gasteiger partial charge in [-0.25, -0.2) is 10.2 Å². The van der Waals surface area contributed by atoms with Crippen LogP contribution in [0.5, 0.6) is 0 Å². The van der Waals surface area contributed by atoms with E-state index in [0.29, 0.717) is 5.02 Å². The Morgan fingerprint density at radius 3 is 2.40 bits per heavy atom. The van der Waals surface area contributed by atoms with Crippen LogP contribution >= 0.6 is 19.2 Å². The third kappa shape index (κ3) is 2.95. The first kappa shape index (κ1) is 11.0. The zero-order valence-electron chi connectivity index (χ0n) is 8.16. The maximum atomic E-state index is 12.1. The Labute approximate surface area is 93.9 Å². The first-order valence-corrected chi connectivity index (χ1v) is 6.91. The first-order chi connectivity index (χ1) is 7.18. The van der Waals surface area contributed by atoms with Crippen LogP contribution in [-0.2, 0) is 4.57 Å². The highest BCUT2D eigenvalue weighted by Crippen LogP contribution is 2.38. The number of halogens is 1. The van der Waals surface area contributed by atoms with Gasteiger partial charge in [-0.05, 0) is 30.7 Å². The van der Waals surface area contributed by atoms with Crippen molar-refractivity contribution < 1.29 is 4.57 Å². The molecule has 1 aromatic rings. The lowest BCUT2D eigenvalue weighted by molar-refractivity contribution is 0.540. The molecule has 0 amide bonds. The molecule has 1 heterocycles. The highest BCUT2D eigenvalue weighted by atomic mass is 35.5. The van der Waals surface area contributed by atoms with Crippen LogP contribution in [0.4, 0.5) is 5.69 Å². The van der Waals surface area contributed by atoms with Crippen molar-refractivity contribution in [1.82, 2.24) is 10.2 Å². The molecule has 0 bridgehead atoms. The van der Waals surface area contributed by atoms with Crippen LogP contribution in [0.25, 0.3) is 0 Å². The third-order valence-electron chi connectivity index (χ3n) is 2.15. The minimum atomic E-state index is -2.64. The number of benzene rings is 1. The van der Waals surface area contributed by atoms with Gasteiger partial charge in [0.15, 0.2) is 0 Å². The Morgan fingerprint density at radius 1 is 1.20 bits per heavy atom. The van der Waals surface area contributed by atoms with E-state index in [1.165, 1.54) is 0 Å². The summed E-state index contributed by atoms with van der Waals surface area (Å²) >= 11 is 5.76. The van der Waals surface area contributed by atoms with Gasteiger partial charge in [-0.3, -0.25) is 4.57 Å². The van der Waals surface area contributed by atoms with E-state index in [4.69, 9.17) is 11.6 Å². The van der Waals surface area contributed by atoms with Crippen molar-refractivity contribution in [2.24, 2.45) is 0 Å². The smallest absolute Gasteiger partial charge is 0.303 e. The summed E-state index contributed by atoms with van der Waals surface area (Å²) in [7, 11) is -2.64. The summed E-state index contributed by atoms with van der Waals surface area (Å²) < 4.78 is 12.1. The molecule has 0 aromatic heterocycles. The Morgan fingerprint density at radius 2 is 1.80 bits per heavy atom. The molecular formula is C9H13ClN3OP. The van der Waals surface area contributed by atoms with Gasteiger partial charge < -0.3 is 5.09 Å². The molecule has 0 aliphatic carbocycles. The largest absolute Gasteiger partial charge is 0.313 e. The van der Waals surface area contributed by atoms with Gasteiger partial charge in [-0.1, -0.05) is 11.6 Å². The molecule has 1 saturated heterocycles. The Kier molecular flexibility index (Phi) is 3.32. The number of hydrogen-bond donors (Lipinski definition) is 3. The van der Waals surface area contributed by atoms with Crippen molar-refractivity contribution in [1.29, 1.82) is 0 Å². The normalized spacial score (nSPS) is 19.8. The second kappa shape index (κ2) is 4.54. The third-order valence-corrected chi connectivity index (χ3v) is 4.32. The van der Waals surface area contributed by atoms with Gasteiger partial charge in [0.05, 0.1) is 0 Å². The van der Waals surface area contributed by atoms with Crippen LogP contribution in [0.1, 0.15) is 6.42 Å². The van der Waals surface area contributed by atoms with E-state index < -0.39 is 7.59 Å². The average molecular weight is 246 g/mol. The van der Waals surface area contributed by atoms with Gasteiger partial charge in [0.25, 0.3) is 0 Å². The highest BCUT2D eigenvalue weighted by molar-refractivity contribution is 7.61. The van der Waals surface area contributed by atoms with Crippen molar-refractivity contribution in [2.45, 2.75) is 6.42 Å². The van der Waals surface area contributed by atoms with Crippen LogP contribution < -0.4 is 15.3 Å². The minimum absolute atomic E-state index is 0.670. The molecule has 4 nitrogen and oxygen atoms in total. The van der Waals surface area contributed by atoms with Crippen molar-refractivity contribution in [3.05, 3.63) is 29.3 Å². The Hall–Kier alpha value is -0.540. The predicted octanol–water partition coefficient (Wildman–Crippen LogP) is 2.44. The Balaban J connectivity index is 2.07. The summed E-state index contributed by atoms with van der Waals surface area (Å²) in [4.78, 5) is 0. The van der Waals surface area contributed by atoms with Gasteiger partial charge in [0.1, 0.15) is 0 Å². The van der Waals surface area contributed by atoms with E-state index in [-0.39, 0.29) is 0 Å². The zero-order chi connectivity index (χ0) is 10.7. The first-order valence-electron chi connectivity index (χ1n) is 4.82. The van der Waals surface area contributed by atoms with E-state index in [0.717, 1.165) is 25.2 Å². The lowest BCUT2D eigenvalue weighted by Gasteiger charge is -2.26. The molecule has 2 rings (SSSR count). The zero-order valence-corrected chi connectivity index (χ0v) is 9.81. The summed E-state index contributed by atoms with van der Waals surface area (Å²) in [5.41, 5.74) is 0.796. The van der Waals surface area contributed by atoms with Crippen molar-refractivity contribution in [3.63, 3.8) is 0 Å². The van der Waals surface area contributed by atoms with E-state index in [1.807, 2.05) is 0 Å². The van der Waals surface area contributed by atoms with Crippen LogP contribution in [-0.4, -0.2) is 13.1 Å². The molecular weight excluding hydrogens is 233 g/mol. The maximum Gasteiger partial charge on any atom is 0.303 e. The van der Waals surface area contributed by atoms with Gasteiger partial charge in [0.2, 0.25) is 0 Å². The quantitative estimate of drug-likeness (QED) is 0.701. The van der Waals surface area contributed by atoms with Gasteiger partial charge in [-0.15, -0.1) is 0 Å². The molecule has 0 atom stereocenters. The predicted molar refractivity (Wildman–Crippen MR) is 63.3 cm³/mol.